The van der Waals surface area contributed by atoms with Crippen molar-refractivity contribution in [3.8, 4) is 0 Å². The molecule has 1 amide bonds. The van der Waals surface area contributed by atoms with Gasteiger partial charge in [0.2, 0.25) is 0 Å². The second-order valence-electron chi connectivity index (χ2n) is 5.66. The van der Waals surface area contributed by atoms with Crippen LogP contribution >= 0.6 is 23.7 Å². The summed E-state index contributed by atoms with van der Waals surface area (Å²) in [5.74, 6) is 0.912. The van der Waals surface area contributed by atoms with Crippen LogP contribution in [0, 0.1) is 5.92 Å². The first-order valence-electron chi connectivity index (χ1n) is 7.57. The maximum atomic E-state index is 12.5. The van der Waals surface area contributed by atoms with Gasteiger partial charge in [-0.1, -0.05) is 13.3 Å². The number of carbonyl (C=O) groups excluding carboxylic acids is 1. The minimum absolute atomic E-state index is 0. The summed E-state index contributed by atoms with van der Waals surface area (Å²) in [4.78, 5) is 18.7. The normalized spacial score (nSPS) is 21.7. The lowest BCUT2D eigenvalue weighted by atomic mass is 9.84. The zero-order valence-corrected chi connectivity index (χ0v) is 14.5. The molecule has 0 unspecified atom stereocenters. The number of thiazole rings is 1. The predicted octanol–water partition coefficient (Wildman–Crippen LogP) is 3.11. The van der Waals surface area contributed by atoms with E-state index in [1.165, 1.54) is 30.6 Å². The molecule has 0 aliphatic heterocycles. The Balaban J connectivity index is 0.00000220. The first-order chi connectivity index (χ1) is 9.65. The van der Waals surface area contributed by atoms with Crippen LogP contribution in [-0.2, 0) is 6.42 Å². The van der Waals surface area contributed by atoms with Crippen molar-refractivity contribution < 1.29 is 4.79 Å². The Morgan fingerprint density at radius 2 is 2.10 bits per heavy atom. The molecule has 1 heterocycles. The van der Waals surface area contributed by atoms with Crippen LogP contribution in [0.1, 0.15) is 54.5 Å². The van der Waals surface area contributed by atoms with E-state index in [4.69, 9.17) is 5.73 Å². The highest BCUT2D eigenvalue weighted by Gasteiger charge is 2.27. The minimum atomic E-state index is 0. The molecular formula is C15H26ClN3OS. The van der Waals surface area contributed by atoms with Crippen LogP contribution in [0.4, 0.5) is 0 Å². The smallest absolute Gasteiger partial charge is 0.273 e. The van der Waals surface area contributed by atoms with Crippen LogP contribution < -0.4 is 5.73 Å². The Bertz CT molecular complexity index is 444. The molecule has 1 aromatic rings. The van der Waals surface area contributed by atoms with Crippen molar-refractivity contribution in [2.45, 2.75) is 51.5 Å². The average Bonchev–Trinajstić information content (AvgIpc) is 2.95. The third kappa shape index (κ3) is 4.66. The average molecular weight is 332 g/mol. The number of rotatable bonds is 5. The van der Waals surface area contributed by atoms with Gasteiger partial charge in [0, 0.05) is 24.9 Å². The number of halogens is 1. The van der Waals surface area contributed by atoms with E-state index in [0.717, 1.165) is 30.2 Å². The van der Waals surface area contributed by atoms with Gasteiger partial charge in [-0.2, -0.15) is 0 Å². The molecule has 0 saturated heterocycles. The second-order valence-corrected chi connectivity index (χ2v) is 6.61. The molecule has 4 nitrogen and oxygen atoms in total. The second kappa shape index (κ2) is 8.71. The summed E-state index contributed by atoms with van der Waals surface area (Å²) >= 11 is 1.53. The highest BCUT2D eigenvalue weighted by molar-refractivity contribution is 7.09. The van der Waals surface area contributed by atoms with Crippen molar-refractivity contribution in [2.24, 2.45) is 11.7 Å². The Kier molecular flexibility index (Phi) is 7.63. The van der Waals surface area contributed by atoms with E-state index >= 15 is 0 Å². The third-order valence-electron chi connectivity index (χ3n) is 4.39. The van der Waals surface area contributed by atoms with E-state index in [1.54, 1.807) is 0 Å². The van der Waals surface area contributed by atoms with E-state index in [9.17, 15) is 4.79 Å². The summed E-state index contributed by atoms with van der Waals surface area (Å²) < 4.78 is 0. The third-order valence-corrected chi connectivity index (χ3v) is 5.30. The fourth-order valence-corrected chi connectivity index (χ4v) is 3.72. The van der Waals surface area contributed by atoms with Crippen molar-refractivity contribution in [3.63, 3.8) is 0 Å². The van der Waals surface area contributed by atoms with Crippen LogP contribution in [0.15, 0.2) is 5.38 Å². The van der Waals surface area contributed by atoms with Crippen molar-refractivity contribution in [1.82, 2.24) is 9.88 Å². The van der Waals surface area contributed by atoms with Gasteiger partial charge in [0.1, 0.15) is 5.69 Å². The molecule has 0 bridgehead atoms. The SMILES string of the molecule is CCC1CCC(N(C)C(=O)c2csc(CCN)n2)CC1.Cl. The molecule has 0 atom stereocenters. The van der Waals surface area contributed by atoms with E-state index in [0.29, 0.717) is 18.3 Å². The molecule has 1 aliphatic rings. The first kappa shape index (κ1) is 18.4. The molecule has 2 N–H and O–H groups in total. The van der Waals surface area contributed by atoms with Crippen molar-refractivity contribution in [3.05, 3.63) is 16.1 Å². The van der Waals surface area contributed by atoms with Crippen LogP contribution in [0.25, 0.3) is 0 Å². The monoisotopic (exact) mass is 331 g/mol. The summed E-state index contributed by atoms with van der Waals surface area (Å²) in [6.45, 7) is 2.84. The maximum Gasteiger partial charge on any atom is 0.273 e. The quantitative estimate of drug-likeness (QED) is 0.901. The molecular weight excluding hydrogens is 306 g/mol. The standard InChI is InChI=1S/C15H25N3OS.ClH/c1-3-11-4-6-12(7-5-11)18(2)15(19)13-10-20-14(17-13)8-9-16;/h10-12H,3-9,16H2,1-2H3;1H. The van der Waals surface area contributed by atoms with Gasteiger partial charge in [0.25, 0.3) is 5.91 Å². The van der Waals surface area contributed by atoms with Gasteiger partial charge < -0.3 is 10.6 Å². The van der Waals surface area contributed by atoms with Crippen molar-refractivity contribution in [1.29, 1.82) is 0 Å². The molecule has 21 heavy (non-hydrogen) atoms. The molecule has 1 aliphatic carbocycles. The van der Waals surface area contributed by atoms with Gasteiger partial charge in [0.15, 0.2) is 0 Å². The first-order valence-corrected chi connectivity index (χ1v) is 8.45. The molecule has 120 valence electrons. The van der Waals surface area contributed by atoms with Gasteiger partial charge in [-0.25, -0.2) is 4.98 Å². The van der Waals surface area contributed by atoms with Crippen molar-refractivity contribution >= 4 is 29.7 Å². The van der Waals surface area contributed by atoms with Gasteiger partial charge in [0.05, 0.1) is 5.01 Å². The van der Waals surface area contributed by atoms with E-state index in [2.05, 4.69) is 11.9 Å². The van der Waals surface area contributed by atoms with Crippen LogP contribution in [0.3, 0.4) is 0 Å². The summed E-state index contributed by atoms with van der Waals surface area (Å²) in [6.07, 6.45) is 6.76. The summed E-state index contributed by atoms with van der Waals surface area (Å²) in [5, 5.41) is 2.82. The van der Waals surface area contributed by atoms with Gasteiger partial charge in [-0.05, 0) is 38.1 Å². The Labute approximate surface area is 137 Å². The van der Waals surface area contributed by atoms with Crippen molar-refractivity contribution in [2.75, 3.05) is 13.6 Å². The molecule has 6 heteroatoms. The van der Waals surface area contributed by atoms with E-state index < -0.39 is 0 Å². The zero-order valence-electron chi connectivity index (χ0n) is 12.9. The number of hydrogen-bond acceptors (Lipinski definition) is 4. The van der Waals surface area contributed by atoms with Gasteiger partial charge >= 0.3 is 0 Å². The number of nitrogens with two attached hydrogens (primary N) is 1. The fraction of sp³-hybridized carbons (Fsp3) is 0.733. The van der Waals surface area contributed by atoms with E-state index in [1.807, 2.05) is 17.3 Å². The number of nitrogens with zero attached hydrogens (tertiary/aromatic N) is 2. The maximum absolute atomic E-state index is 12.5. The number of carbonyl (C=O) groups is 1. The largest absolute Gasteiger partial charge is 0.337 e. The van der Waals surface area contributed by atoms with Crippen LogP contribution in [0.5, 0.6) is 0 Å². The van der Waals surface area contributed by atoms with Crippen LogP contribution in [0.2, 0.25) is 0 Å². The summed E-state index contributed by atoms with van der Waals surface area (Å²) in [6, 6.07) is 0.380. The number of aromatic nitrogens is 1. The number of amides is 1. The molecule has 1 saturated carbocycles. The predicted molar refractivity (Wildman–Crippen MR) is 90.3 cm³/mol. The Morgan fingerprint density at radius 3 is 2.67 bits per heavy atom. The highest BCUT2D eigenvalue weighted by Crippen LogP contribution is 2.29. The molecule has 0 radical (unpaired) electrons. The fourth-order valence-electron chi connectivity index (χ4n) is 2.93. The summed E-state index contributed by atoms with van der Waals surface area (Å²) in [7, 11) is 1.92. The molecule has 1 fully saturated rings. The highest BCUT2D eigenvalue weighted by atomic mass is 35.5. The van der Waals surface area contributed by atoms with Crippen LogP contribution in [-0.4, -0.2) is 35.4 Å². The lowest BCUT2D eigenvalue weighted by Crippen LogP contribution is -2.39. The van der Waals surface area contributed by atoms with Gasteiger partial charge in [-0.3, -0.25) is 4.79 Å². The van der Waals surface area contributed by atoms with Gasteiger partial charge in [-0.15, -0.1) is 23.7 Å². The molecule has 1 aromatic heterocycles. The molecule has 0 spiro atoms. The zero-order chi connectivity index (χ0) is 14.5. The topological polar surface area (TPSA) is 59.2 Å². The Hall–Kier alpha value is -0.650. The molecule has 0 aromatic carbocycles. The lowest BCUT2D eigenvalue weighted by molar-refractivity contribution is 0.0669. The molecule has 2 rings (SSSR count). The Morgan fingerprint density at radius 1 is 1.43 bits per heavy atom. The van der Waals surface area contributed by atoms with E-state index in [-0.39, 0.29) is 18.3 Å². The summed E-state index contributed by atoms with van der Waals surface area (Å²) in [5.41, 5.74) is 6.10. The number of hydrogen-bond donors (Lipinski definition) is 1. The lowest BCUT2D eigenvalue weighted by Gasteiger charge is -2.34. The minimum Gasteiger partial charge on any atom is -0.337 e.